The molecule has 0 amide bonds. The third kappa shape index (κ3) is 33.6. The first-order valence-corrected chi connectivity index (χ1v) is 25.8. The molecule has 0 aromatic rings. The van der Waals surface area contributed by atoms with Crippen molar-refractivity contribution in [3.63, 3.8) is 0 Å². The predicted octanol–water partition coefficient (Wildman–Crippen LogP) is 10.7. The van der Waals surface area contributed by atoms with Gasteiger partial charge >= 0.3 is 16.4 Å². The number of allylic oxidation sites excluding steroid dienone is 8. The van der Waals surface area contributed by atoms with E-state index in [1.807, 2.05) is 0 Å². The molecule has 0 aromatic heterocycles. The lowest BCUT2D eigenvalue weighted by Gasteiger charge is -2.41. The molecule has 0 saturated carbocycles. The van der Waals surface area contributed by atoms with E-state index < -0.39 is 59.8 Å². The van der Waals surface area contributed by atoms with E-state index in [4.69, 9.17) is 18.9 Å². The number of carbonyl (C=O) groups excluding carboxylic acids is 1. The van der Waals surface area contributed by atoms with E-state index in [9.17, 15) is 33.1 Å². The van der Waals surface area contributed by atoms with Crippen molar-refractivity contribution in [2.24, 2.45) is 0 Å². The number of carbonyl (C=O) groups is 1. The normalized spacial score (nSPS) is 20.4. The molecular weight excluding hydrogens is 813 g/mol. The van der Waals surface area contributed by atoms with Crippen molar-refractivity contribution >= 4 is 16.4 Å². The third-order valence-corrected chi connectivity index (χ3v) is 11.4. The van der Waals surface area contributed by atoms with E-state index in [2.05, 4.69) is 66.6 Å². The molecule has 1 saturated heterocycles. The molecule has 12 nitrogen and oxygen atoms in total. The summed E-state index contributed by atoms with van der Waals surface area (Å²) in [5, 5.41) is 30.7. The summed E-state index contributed by atoms with van der Waals surface area (Å²) < 4.78 is 59.1. The van der Waals surface area contributed by atoms with Gasteiger partial charge in [-0.3, -0.25) is 9.35 Å². The van der Waals surface area contributed by atoms with Crippen LogP contribution in [0, 0.1) is 0 Å². The molecule has 62 heavy (non-hydrogen) atoms. The van der Waals surface area contributed by atoms with Gasteiger partial charge in [0.15, 0.2) is 6.29 Å². The molecule has 4 N–H and O–H groups in total. The molecule has 6 unspecified atom stereocenters. The number of rotatable bonds is 42. The first kappa shape index (κ1) is 58.1. The molecule has 0 aromatic carbocycles. The van der Waals surface area contributed by atoms with E-state index in [1.165, 1.54) is 96.3 Å². The molecule has 1 rings (SSSR count). The van der Waals surface area contributed by atoms with Gasteiger partial charge in [-0.25, -0.2) is 4.18 Å². The van der Waals surface area contributed by atoms with Crippen LogP contribution in [0.3, 0.4) is 0 Å². The Hall–Kier alpha value is -1.94. The molecule has 0 radical (unpaired) electrons. The van der Waals surface area contributed by atoms with E-state index in [-0.39, 0.29) is 19.6 Å². The Kier molecular flexibility index (Phi) is 38.0. The number of aliphatic hydroxyl groups excluding tert-OH is 3. The first-order chi connectivity index (χ1) is 30.1. The minimum Gasteiger partial charge on any atom is -0.457 e. The molecule has 6 atom stereocenters. The smallest absolute Gasteiger partial charge is 0.397 e. The van der Waals surface area contributed by atoms with Crippen molar-refractivity contribution in [1.29, 1.82) is 0 Å². The number of hydrogen-bond donors (Lipinski definition) is 4. The van der Waals surface area contributed by atoms with Crippen molar-refractivity contribution in [3.8, 4) is 0 Å². The number of esters is 1. The fourth-order valence-electron chi connectivity index (χ4n) is 7.31. The second-order valence-corrected chi connectivity index (χ2v) is 17.7. The van der Waals surface area contributed by atoms with Crippen molar-refractivity contribution in [2.45, 2.75) is 230 Å². The van der Waals surface area contributed by atoms with Crippen molar-refractivity contribution in [2.75, 3.05) is 26.4 Å². The van der Waals surface area contributed by atoms with E-state index in [0.29, 0.717) is 13.0 Å². The predicted molar refractivity (Wildman–Crippen MR) is 248 cm³/mol. The minimum absolute atomic E-state index is 0.0328. The Morgan fingerprint density at radius 2 is 1.11 bits per heavy atom. The number of hydrogen-bond acceptors (Lipinski definition) is 11. The first-order valence-electron chi connectivity index (χ1n) is 24.4. The monoisotopic (exact) mass is 901 g/mol. The van der Waals surface area contributed by atoms with Crippen LogP contribution in [0.2, 0.25) is 0 Å². The molecule has 0 spiro atoms. The van der Waals surface area contributed by atoms with Crippen LogP contribution in [0.25, 0.3) is 0 Å². The topological polar surface area (TPSA) is 178 Å². The van der Waals surface area contributed by atoms with Crippen molar-refractivity contribution in [1.82, 2.24) is 0 Å². The average Bonchev–Trinajstić information content (AvgIpc) is 3.24. The Bertz CT molecular complexity index is 1270. The fraction of sp³-hybridized carbons (Fsp3) is 0.816. The summed E-state index contributed by atoms with van der Waals surface area (Å²) in [6, 6.07) is 0. The molecule has 1 aliphatic heterocycles. The van der Waals surface area contributed by atoms with Gasteiger partial charge in [0.25, 0.3) is 0 Å². The van der Waals surface area contributed by atoms with Crippen LogP contribution in [0.1, 0.15) is 194 Å². The second kappa shape index (κ2) is 40.6. The highest BCUT2D eigenvalue weighted by Crippen LogP contribution is 2.26. The molecule has 1 fully saturated rings. The molecule has 1 heterocycles. The third-order valence-electron chi connectivity index (χ3n) is 11.0. The van der Waals surface area contributed by atoms with Gasteiger partial charge in [0.1, 0.15) is 30.5 Å². The quantitative estimate of drug-likeness (QED) is 0.0198. The summed E-state index contributed by atoms with van der Waals surface area (Å²) in [5.74, 6) is -0.402. The summed E-state index contributed by atoms with van der Waals surface area (Å²) >= 11 is 0. The number of unbranched alkanes of at least 4 members (excludes halogenated alkanes) is 21. The second-order valence-electron chi connectivity index (χ2n) is 16.7. The van der Waals surface area contributed by atoms with Crippen LogP contribution < -0.4 is 0 Å². The maximum Gasteiger partial charge on any atom is 0.397 e. The largest absolute Gasteiger partial charge is 0.457 e. The van der Waals surface area contributed by atoms with Crippen LogP contribution in [0.15, 0.2) is 48.6 Å². The highest BCUT2D eigenvalue weighted by molar-refractivity contribution is 7.80. The lowest BCUT2D eigenvalue weighted by Crippen LogP contribution is -2.60. The lowest BCUT2D eigenvalue weighted by atomic mass is 9.99. The Labute approximate surface area is 376 Å². The molecule has 13 heteroatoms. The van der Waals surface area contributed by atoms with Gasteiger partial charge in [0, 0.05) is 13.0 Å². The standard InChI is InChI=1S/C49H88O12S/c1-3-5-7-9-11-13-15-17-18-19-20-21-22-23-24-25-27-29-31-33-35-37-39-57-41-43(42-58-49-47(53)48(61-62(54,55)56)46(52)44(40-50)60-49)59-45(51)38-36-34-32-30-28-26-16-14-12-10-8-6-4-2/h5,7,11,13,17-18,20-21,43-44,46-50,52-53H,3-4,6,8-10,12,14-16,19,22-42H2,1-2H3,(H,54,55,56)/b7-5-,13-11-,18-17-,21-20-. The average molecular weight is 901 g/mol. The highest BCUT2D eigenvalue weighted by atomic mass is 32.3. The number of aliphatic hydroxyl groups is 3. The SMILES string of the molecule is CC/C=C\C/C=C\C/C=C\C/C=C\CCCCCCCCCCCOCC(COC1OC(CO)C(O)C(OS(=O)(=O)O)C1O)OC(=O)CCCCCCCCCCCCCCC. The zero-order chi connectivity index (χ0) is 45.4. The minimum atomic E-state index is -5.06. The van der Waals surface area contributed by atoms with Gasteiger partial charge in [0.2, 0.25) is 0 Å². The Morgan fingerprint density at radius 1 is 0.629 bits per heavy atom. The van der Waals surface area contributed by atoms with Gasteiger partial charge in [-0.2, -0.15) is 8.42 Å². The zero-order valence-corrected chi connectivity index (χ0v) is 39.5. The molecular formula is C49H88O12S. The Morgan fingerprint density at radius 3 is 1.63 bits per heavy atom. The summed E-state index contributed by atoms with van der Waals surface area (Å²) in [6.45, 7) is 3.87. The molecule has 1 aliphatic rings. The van der Waals surface area contributed by atoms with Gasteiger partial charge < -0.3 is 34.3 Å². The maximum atomic E-state index is 12.9. The maximum absolute atomic E-state index is 12.9. The van der Waals surface area contributed by atoms with Gasteiger partial charge in [0.05, 0.1) is 19.8 Å². The van der Waals surface area contributed by atoms with Gasteiger partial charge in [-0.1, -0.05) is 184 Å². The van der Waals surface area contributed by atoms with Crippen molar-refractivity contribution in [3.05, 3.63) is 48.6 Å². The summed E-state index contributed by atoms with van der Waals surface area (Å²) in [7, 11) is -5.06. The summed E-state index contributed by atoms with van der Waals surface area (Å²) in [4.78, 5) is 12.9. The van der Waals surface area contributed by atoms with Crippen LogP contribution in [0.5, 0.6) is 0 Å². The zero-order valence-electron chi connectivity index (χ0n) is 38.7. The van der Waals surface area contributed by atoms with E-state index >= 15 is 0 Å². The van der Waals surface area contributed by atoms with Crippen molar-refractivity contribution < 1.29 is 56.2 Å². The van der Waals surface area contributed by atoms with Crippen LogP contribution in [-0.2, 0) is 38.3 Å². The highest BCUT2D eigenvalue weighted by Gasteiger charge is 2.48. The van der Waals surface area contributed by atoms with Crippen LogP contribution >= 0.6 is 0 Å². The molecule has 0 aliphatic carbocycles. The molecule has 0 bridgehead atoms. The van der Waals surface area contributed by atoms with Crippen LogP contribution in [0.4, 0.5) is 0 Å². The van der Waals surface area contributed by atoms with Gasteiger partial charge in [-0.05, 0) is 51.4 Å². The van der Waals surface area contributed by atoms with E-state index in [1.54, 1.807) is 0 Å². The van der Waals surface area contributed by atoms with E-state index in [0.717, 1.165) is 70.6 Å². The van der Waals surface area contributed by atoms with Gasteiger partial charge in [-0.15, -0.1) is 0 Å². The summed E-state index contributed by atoms with van der Waals surface area (Å²) in [5.41, 5.74) is 0. The van der Waals surface area contributed by atoms with Crippen LogP contribution in [-0.4, -0.2) is 97.5 Å². The fourth-order valence-corrected chi connectivity index (χ4v) is 7.82. The lowest BCUT2D eigenvalue weighted by molar-refractivity contribution is -0.301. The number of ether oxygens (including phenoxy) is 4. The summed E-state index contributed by atoms with van der Waals surface area (Å²) in [6.07, 6.45) is 40.0. The Balaban J connectivity index is 2.36. The molecule has 362 valence electrons.